The van der Waals surface area contributed by atoms with Gasteiger partial charge in [0.05, 0.1) is 10.2 Å². The molecule has 0 bridgehead atoms. The highest BCUT2D eigenvalue weighted by atomic mass is 79.9. The summed E-state index contributed by atoms with van der Waals surface area (Å²) in [4.78, 5) is 13.2. The van der Waals surface area contributed by atoms with E-state index in [9.17, 15) is 0 Å². The predicted molar refractivity (Wildman–Crippen MR) is 79.6 cm³/mol. The number of halogens is 2. The number of aryl methyl sites for hydroxylation is 1. The second-order valence-corrected chi connectivity index (χ2v) is 5.36. The number of rotatable bonds is 3. The molecule has 0 spiro atoms. The zero-order valence-corrected chi connectivity index (χ0v) is 13.2. The van der Waals surface area contributed by atoms with Crippen LogP contribution in [-0.4, -0.2) is 22.0 Å². The molecule has 2 rings (SSSR count). The quantitative estimate of drug-likeness (QED) is 0.894. The van der Waals surface area contributed by atoms with E-state index in [1.54, 1.807) is 12.4 Å². The van der Waals surface area contributed by atoms with Crippen LogP contribution in [-0.2, 0) is 6.42 Å². The van der Waals surface area contributed by atoms with Crippen LogP contribution in [0.1, 0.15) is 12.6 Å². The molecule has 18 heavy (non-hydrogen) atoms. The topological polar surface area (TPSA) is 50.7 Å². The van der Waals surface area contributed by atoms with Gasteiger partial charge in [-0.3, -0.25) is 4.98 Å². The van der Waals surface area contributed by atoms with Crippen molar-refractivity contribution in [2.45, 2.75) is 13.3 Å². The lowest BCUT2D eigenvalue weighted by molar-refractivity contribution is 0.990. The third kappa shape index (κ3) is 2.70. The van der Waals surface area contributed by atoms with Crippen molar-refractivity contribution in [3.05, 3.63) is 33.1 Å². The first-order valence-electron chi connectivity index (χ1n) is 5.50. The number of pyridine rings is 1. The minimum absolute atomic E-state index is 0.674. The zero-order valence-electron chi connectivity index (χ0n) is 10.0. The predicted octanol–water partition coefficient (Wildman–Crippen LogP) is 3.67. The molecule has 2 heterocycles. The van der Waals surface area contributed by atoms with E-state index in [2.05, 4.69) is 59.1 Å². The molecule has 0 aliphatic heterocycles. The van der Waals surface area contributed by atoms with Crippen LogP contribution in [0, 0.1) is 0 Å². The van der Waals surface area contributed by atoms with Crippen molar-refractivity contribution in [3.8, 4) is 11.4 Å². The maximum atomic E-state index is 4.55. The molecule has 0 unspecified atom stereocenters. The van der Waals surface area contributed by atoms with E-state index in [-0.39, 0.29) is 0 Å². The molecule has 2 aromatic rings. The van der Waals surface area contributed by atoms with Crippen LogP contribution in [0.4, 0.5) is 5.82 Å². The second-order valence-electron chi connectivity index (χ2n) is 3.65. The molecule has 0 saturated carbocycles. The Bertz CT molecular complexity index is 547. The van der Waals surface area contributed by atoms with Crippen LogP contribution in [0.15, 0.2) is 27.4 Å². The number of nitrogens with zero attached hydrogens (tertiary/aromatic N) is 3. The lowest BCUT2D eigenvalue weighted by Gasteiger charge is -2.10. The molecule has 1 N–H and O–H groups in total. The monoisotopic (exact) mass is 370 g/mol. The Morgan fingerprint density at radius 3 is 2.61 bits per heavy atom. The third-order valence-corrected chi connectivity index (χ3v) is 3.72. The molecule has 0 atom stereocenters. The molecule has 0 aliphatic carbocycles. The van der Waals surface area contributed by atoms with Crippen molar-refractivity contribution in [1.29, 1.82) is 0 Å². The van der Waals surface area contributed by atoms with Crippen LogP contribution >= 0.6 is 31.9 Å². The average molecular weight is 372 g/mol. The van der Waals surface area contributed by atoms with E-state index in [0.717, 1.165) is 32.4 Å². The van der Waals surface area contributed by atoms with Crippen LogP contribution in [0.3, 0.4) is 0 Å². The summed E-state index contributed by atoms with van der Waals surface area (Å²) in [7, 11) is 1.84. The maximum absolute atomic E-state index is 4.55. The molecular formula is C12H12Br2N4. The molecule has 2 aromatic heterocycles. The highest BCUT2D eigenvalue weighted by Gasteiger charge is 2.11. The fourth-order valence-electron chi connectivity index (χ4n) is 1.56. The lowest BCUT2D eigenvalue weighted by atomic mass is 10.2. The molecule has 0 fully saturated rings. The summed E-state index contributed by atoms with van der Waals surface area (Å²) >= 11 is 6.91. The zero-order chi connectivity index (χ0) is 13.1. The van der Waals surface area contributed by atoms with E-state index in [4.69, 9.17) is 0 Å². The maximum Gasteiger partial charge on any atom is 0.163 e. The second kappa shape index (κ2) is 5.75. The first-order chi connectivity index (χ1) is 8.65. The van der Waals surface area contributed by atoms with Crippen LogP contribution < -0.4 is 5.32 Å². The van der Waals surface area contributed by atoms with E-state index >= 15 is 0 Å². The van der Waals surface area contributed by atoms with Crippen LogP contribution in [0.5, 0.6) is 0 Å². The van der Waals surface area contributed by atoms with Gasteiger partial charge in [0.2, 0.25) is 0 Å². The van der Waals surface area contributed by atoms with E-state index in [1.165, 1.54) is 0 Å². The van der Waals surface area contributed by atoms with Gasteiger partial charge in [0, 0.05) is 29.5 Å². The Balaban J connectivity index is 2.58. The Morgan fingerprint density at radius 1 is 1.22 bits per heavy atom. The standard InChI is InChI=1S/C12H12Br2N4/c1-3-9-10(14)12(15-2)18-11(17-9)7-4-8(13)6-16-5-7/h4-6H,3H2,1-2H3,(H,15,17,18). The first-order valence-corrected chi connectivity index (χ1v) is 7.09. The largest absolute Gasteiger partial charge is 0.372 e. The van der Waals surface area contributed by atoms with E-state index in [0.29, 0.717) is 5.82 Å². The van der Waals surface area contributed by atoms with Crippen molar-refractivity contribution in [2.75, 3.05) is 12.4 Å². The SMILES string of the molecule is CCc1nc(-c2cncc(Br)c2)nc(NC)c1Br. The van der Waals surface area contributed by atoms with Crippen molar-refractivity contribution >= 4 is 37.7 Å². The highest BCUT2D eigenvalue weighted by molar-refractivity contribution is 9.11. The van der Waals surface area contributed by atoms with Crippen molar-refractivity contribution in [1.82, 2.24) is 15.0 Å². The summed E-state index contributed by atoms with van der Waals surface area (Å²) in [6.07, 6.45) is 4.33. The van der Waals surface area contributed by atoms with Crippen LogP contribution in [0.25, 0.3) is 11.4 Å². The highest BCUT2D eigenvalue weighted by Crippen LogP contribution is 2.27. The minimum Gasteiger partial charge on any atom is -0.372 e. The third-order valence-electron chi connectivity index (χ3n) is 2.45. The molecule has 0 amide bonds. The van der Waals surface area contributed by atoms with E-state index in [1.807, 2.05) is 13.1 Å². The fraction of sp³-hybridized carbons (Fsp3) is 0.250. The van der Waals surface area contributed by atoms with E-state index < -0.39 is 0 Å². The molecule has 0 aliphatic rings. The smallest absolute Gasteiger partial charge is 0.163 e. The average Bonchev–Trinajstić information content (AvgIpc) is 2.39. The fourth-order valence-corrected chi connectivity index (χ4v) is 2.58. The summed E-state index contributed by atoms with van der Waals surface area (Å²) in [5, 5.41) is 3.06. The number of hydrogen-bond acceptors (Lipinski definition) is 4. The lowest BCUT2D eigenvalue weighted by Crippen LogP contribution is -2.02. The number of nitrogens with one attached hydrogen (secondary N) is 1. The van der Waals surface area contributed by atoms with Gasteiger partial charge < -0.3 is 5.32 Å². The summed E-state index contributed by atoms with van der Waals surface area (Å²) in [5.41, 5.74) is 1.87. The van der Waals surface area contributed by atoms with Gasteiger partial charge in [-0.2, -0.15) is 0 Å². The van der Waals surface area contributed by atoms with Gasteiger partial charge in [-0.05, 0) is 44.3 Å². The van der Waals surface area contributed by atoms with Gasteiger partial charge >= 0.3 is 0 Å². The summed E-state index contributed by atoms with van der Waals surface area (Å²) in [5.74, 6) is 1.46. The Morgan fingerprint density at radius 2 is 2.00 bits per heavy atom. The molecule has 6 heteroatoms. The molecular weight excluding hydrogens is 360 g/mol. The molecule has 94 valence electrons. The first kappa shape index (κ1) is 13.4. The summed E-state index contributed by atoms with van der Waals surface area (Å²) in [6.45, 7) is 2.06. The molecule has 4 nitrogen and oxygen atoms in total. The van der Waals surface area contributed by atoms with Gasteiger partial charge in [-0.25, -0.2) is 9.97 Å². The number of anilines is 1. The van der Waals surface area contributed by atoms with Gasteiger partial charge in [0.25, 0.3) is 0 Å². The molecule has 0 radical (unpaired) electrons. The summed E-state index contributed by atoms with van der Waals surface area (Å²) < 4.78 is 1.83. The summed E-state index contributed by atoms with van der Waals surface area (Å²) in [6, 6.07) is 1.95. The number of aromatic nitrogens is 3. The Kier molecular flexibility index (Phi) is 4.29. The van der Waals surface area contributed by atoms with Crippen molar-refractivity contribution in [3.63, 3.8) is 0 Å². The van der Waals surface area contributed by atoms with Crippen molar-refractivity contribution < 1.29 is 0 Å². The molecule has 0 saturated heterocycles. The van der Waals surface area contributed by atoms with Gasteiger partial charge in [-0.1, -0.05) is 6.92 Å². The van der Waals surface area contributed by atoms with Gasteiger partial charge in [0.1, 0.15) is 5.82 Å². The normalized spacial score (nSPS) is 10.4. The van der Waals surface area contributed by atoms with Gasteiger partial charge in [-0.15, -0.1) is 0 Å². The Hall–Kier alpha value is -1.01. The molecule has 0 aromatic carbocycles. The Labute approximate surface area is 123 Å². The minimum atomic E-state index is 0.674. The number of hydrogen-bond donors (Lipinski definition) is 1. The van der Waals surface area contributed by atoms with Gasteiger partial charge in [0.15, 0.2) is 5.82 Å². The van der Waals surface area contributed by atoms with Crippen LogP contribution in [0.2, 0.25) is 0 Å². The van der Waals surface area contributed by atoms with Crippen molar-refractivity contribution in [2.24, 2.45) is 0 Å².